The van der Waals surface area contributed by atoms with E-state index < -0.39 is 11.4 Å². The average Bonchev–Trinajstić information content (AvgIpc) is 2.62. The Morgan fingerprint density at radius 2 is 1.72 bits per heavy atom. The van der Waals surface area contributed by atoms with Gasteiger partial charge in [-0.25, -0.2) is 0 Å². The number of hydrogen-bond acceptors (Lipinski definition) is 5. The second-order valence-corrected chi connectivity index (χ2v) is 9.78. The maximum Gasteiger partial charge on any atom is 0.157 e. The topological polar surface area (TPSA) is 83.8 Å². The van der Waals surface area contributed by atoms with Crippen molar-refractivity contribution in [2.45, 2.75) is 65.9 Å². The van der Waals surface area contributed by atoms with Gasteiger partial charge >= 0.3 is 0 Å². The SMILES string of the molecule is CC(C)C[C@@H]1c2c(O)c(C=O)c(O)c(C=O)c2O[C@]2(C)C=C[C@@H](C(C)C)C[C@]12C. The number of aldehydes is 2. The number of hydrogen-bond donors (Lipinski definition) is 2. The predicted molar refractivity (Wildman–Crippen MR) is 112 cm³/mol. The first-order valence-corrected chi connectivity index (χ1v) is 10.4. The summed E-state index contributed by atoms with van der Waals surface area (Å²) in [5.74, 6) is 0.396. The molecule has 158 valence electrons. The molecule has 1 aliphatic carbocycles. The number of ether oxygens (including phenoxy) is 1. The fourth-order valence-corrected chi connectivity index (χ4v) is 5.15. The number of carbonyl (C=O) groups is 2. The van der Waals surface area contributed by atoms with Crippen LogP contribution in [0.4, 0.5) is 0 Å². The zero-order valence-electron chi connectivity index (χ0n) is 18.2. The summed E-state index contributed by atoms with van der Waals surface area (Å²) in [4.78, 5) is 23.4. The van der Waals surface area contributed by atoms with Crippen molar-refractivity contribution in [3.8, 4) is 17.2 Å². The van der Waals surface area contributed by atoms with Crippen LogP contribution in [0.15, 0.2) is 12.2 Å². The maximum atomic E-state index is 11.8. The first-order valence-electron chi connectivity index (χ1n) is 10.4. The molecule has 5 nitrogen and oxygen atoms in total. The number of allylic oxidation sites excluding steroid dienone is 1. The molecule has 2 aliphatic rings. The quantitative estimate of drug-likeness (QED) is 0.521. The number of aromatic hydroxyl groups is 2. The molecule has 1 aromatic carbocycles. The first kappa shape index (κ1) is 21.4. The molecule has 1 aromatic rings. The van der Waals surface area contributed by atoms with Crippen LogP contribution < -0.4 is 4.74 Å². The van der Waals surface area contributed by atoms with E-state index in [1.165, 1.54) is 0 Å². The van der Waals surface area contributed by atoms with Crippen molar-refractivity contribution in [1.82, 2.24) is 0 Å². The van der Waals surface area contributed by atoms with Gasteiger partial charge in [-0.1, -0.05) is 40.7 Å². The minimum Gasteiger partial charge on any atom is -0.507 e. The molecule has 0 spiro atoms. The Hall–Kier alpha value is -2.30. The van der Waals surface area contributed by atoms with Gasteiger partial charge in [0.05, 0.1) is 11.1 Å². The molecule has 1 heterocycles. The van der Waals surface area contributed by atoms with Crippen molar-refractivity contribution < 1.29 is 24.5 Å². The highest BCUT2D eigenvalue weighted by molar-refractivity contribution is 5.95. The van der Waals surface area contributed by atoms with E-state index >= 15 is 0 Å². The molecular weight excluding hydrogens is 368 g/mol. The smallest absolute Gasteiger partial charge is 0.157 e. The van der Waals surface area contributed by atoms with Gasteiger partial charge in [0.15, 0.2) is 12.6 Å². The van der Waals surface area contributed by atoms with Crippen molar-refractivity contribution in [2.24, 2.45) is 23.2 Å². The largest absolute Gasteiger partial charge is 0.507 e. The van der Waals surface area contributed by atoms with Crippen molar-refractivity contribution in [1.29, 1.82) is 0 Å². The van der Waals surface area contributed by atoms with Gasteiger partial charge in [0.2, 0.25) is 0 Å². The summed E-state index contributed by atoms with van der Waals surface area (Å²) in [6.45, 7) is 12.8. The monoisotopic (exact) mass is 400 g/mol. The van der Waals surface area contributed by atoms with Crippen LogP contribution in [0.25, 0.3) is 0 Å². The van der Waals surface area contributed by atoms with Gasteiger partial charge in [0, 0.05) is 16.9 Å². The lowest BCUT2D eigenvalue weighted by Crippen LogP contribution is -2.56. The van der Waals surface area contributed by atoms with Crippen molar-refractivity contribution >= 4 is 12.6 Å². The van der Waals surface area contributed by atoms with Crippen molar-refractivity contribution in [3.05, 3.63) is 28.8 Å². The first-order chi connectivity index (χ1) is 13.5. The molecule has 0 radical (unpaired) electrons. The van der Waals surface area contributed by atoms with Gasteiger partial charge in [0.25, 0.3) is 0 Å². The van der Waals surface area contributed by atoms with E-state index in [9.17, 15) is 19.8 Å². The highest BCUT2D eigenvalue weighted by Crippen LogP contribution is 2.64. The van der Waals surface area contributed by atoms with Gasteiger partial charge in [0.1, 0.15) is 22.8 Å². The highest BCUT2D eigenvalue weighted by Gasteiger charge is 2.58. The Balaban J connectivity index is 2.35. The van der Waals surface area contributed by atoms with Crippen LogP contribution in [0.2, 0.25) is 0 Å². The summed E-state index contributed by atoms with van der Waals surface area (Å²) in [5, 5.41) is 21.4. The number of rotatable bonds is 5. The highest BCUT2D eigenvalue weighted by atomic mass is 16.5. The lowest BCUT2D eigenvalue weighted by atomic mass is 9.53. The Labute approximate surface area is 172 Å². The predicted octanol–water partition coefficient (Wildman–Crippen LogP) is 5.24. The average molecular weight is 401 g/mol. The lowest BCUT2D eigenvalue weighted by molar-refractivity contribution is -0.0638. The molecule has 0 bridgehead atoms. The summed E-state index contributed by atoms with van der Waals surface area (Å²) in [6, 6.07) is 0. The lowest BCUT2D eigenvalue weighted by Gasteiger charge is -2.57. The van der Waals surface area contributed by atoms with Crippen LogP contribution in [0.5, 0.6) is 17.2 Å². The molecule has 0 amide bonds. The van der Waals surface area contributed by atoms with E-state index in [0.717, 1.165) is 12.8 Å². The summed E-state index contributed by atoms with van der Waals surface area (Å²) in [5.41, 5.74) is -0.913. The van der Waals surface area contributed by atoms with Gasteiger partial charge in [-0.2, -0.15) is 0 Å². The van der Waals surface area contributed by atoms with E-state index in [0.29, 0.717) is 35.9 Å². The zero-order valence-corrected chi connectivity index (χ0v) is 18.2. The van der Waals surface area contributed by atoms with Gasteiger partial charge in [-0.15, -0.1) is 0 Å². The second-order valence-electron chi connectivity index (χ2n) is 9.78. The van der Waals surface area contributed by atoms with Crippen LogP contribution in [-0.4, -0.2) is 28.4 Å². The minimum atomic E-state index is -0.704. The molecular formula is C24H32O5. The molecule has 0 fully saturated rings. The fourth-order valence-electron chi connectivity index (χ4n) is 5.15. The van der Waals surface area contributed by atoms with Crippen LogP contribution in [0, 0.1) is 23.2 Å². The summed E-state index contributed by atoms with van der Waals surface area (Å²) >= 11 is 0. The Kier molecular flexibility index (Phi) is 5.31. The Bertz CT molecular complexity index is 869. The fraction of sp³-hybridized carbons (Fsp3) is 0.583. The van der Waals surface area contributed by atoms with E-state index in [-0.39, 0.29) is 34.0 Å². The molecule has 2 N–H and O–H groups in total. The third kappa shape index (κ3) is 3.06. The van der Waals surface area contributed by atoms with Crippen molar-refractivity contribution in [3.63, 3.8) is 0 Å². The van der Waals surface area contributed by atoms with Crippen LogP contribution in [0.1, 0.15) is 86.6 Å². The standard InChI is InChI=1S/C24H32O5/c1-13(2)9-18-19-21(28)16(11-25)20(27)17(12-26)22(19)29-24(6)8-7-15(14(3)4)10-23(18,24)5/h7-8,11-15,18,27-28H,9-10H2,1-6H3/t15-,18-,23-,24-/m1/s1. The molecule has 1 aliphatic heterocycles. The van der Waals surface area contributed by atoms with Gasteiger partial charge < -0.3 is 14.9 Å². The molecule has 5 heteroatoms. The molecule has 0 saturated heterocycles. The molecule has 4 atom stereocenters. The van der Waals surface area contributed by atoms with Gasteiger partial charge in [-0.3, -0.25) is 9.59 Å². The Morgan fingerprint density at radius 1 is 1.10 bits per heavy atom. The summed E-state index contributed by atoms with van der Waals surface area (Å²) < 4.78 is 6.40. The maximum absolute atomic E-state index is 11.8. The zero-order chi connectivity index (χ0) is 21.7. The van der Waals surface area contributed by atoms with Crippen LogP contribution >= 0.6 is 0 Å². The molecule has 29 heavy (non-hydrogen) atoms. The molecule has 3 rings (SSSR count). The third-order valence-corrected chi connectivity index (χ3v) is 7.20. The van der Waals surface area contributed by atoms with E-state index in [2.05, 4.69) is 46.8 Å². The number of phenolic OH excluding ortho intramolecular Hbond substituents is 2. The van der Waals surface area contributed by atoms with E-state index in [1.807, 2.05) is 6.92 Å². The van der Waals surface area contributed by atoms with Crippen LogP contribution in [0.3, 0.4) is 0 Å². The molecule has 0 aromatic heterocycles. The van der Waals surface area contributed by atoms with Crippen molar-refractivity contribution in [2.75, 3.05) is 0 Å². The normalized spacial score (nSPS) is 30.6. The van der Waals surface area contributed by atoms with Gasteiger partial charge in [-0.05, 0) is 43.6 Å². The minimum absolute atomic E-state index is 0.0729. The third-order valence-electron chi connectivity index (χ3n) is 7.20. The summed E-state index contributed by atoms with van der Waals surface area (Å²) in [7, 11) is 0. The number of carbonyl (C=O) groups excluding carboxylic acids is 2. The molecule has 0 unspecified atom stereocenters. The molecule has 0 saturated carbocycles. The number of phenols is 2. The number of fused-ring (bicyclic) bond motifs is 2. The second kappa shape index (κ2) is 7.19. The Morgan fingerprint density at radius 3 is 2.24 bits per heavy atom. The summed E-state index contributed by atoms with van der Waals surface area (Å²) in [6.07, 6.45) is 6.79. The van der Waals surface area contributed by atoms with E-state index in [1.54, 1.807) is 0 Å². The van der Waals surface area contributed by atoms with Crippen LogP contribution in [-0.2, 0) is 0 Å². The number of benzene rings is 1. The van der Waals surface area contributed by atoms with E-state index in [4.69, 9.17) is 4.74 Å².